The number of ether oxygens (including phenoxy) is 2. The molecule has 0 aliphatic carbocycles. The molecular formula is C14H25N5O2P2. The van der Waals surface area contributed by atoms with Crippen LogP contribution in [-0.4, -0.2) is 50.3 Å². The lowest BCUT2D eigenvalue weighted by molar-refractivity contribution is -0.211. The average molecular weight is 357 g/mol. The smallest absolute Gasteiger partial charge is 0.184 e. The van der Waals surface area contributed by atoms with E-state index in [9.17, 15) is 0 Å². The van der Waals surface area contributed by atoms with Crippen molar-refractivity contribution < 1.29 is 9.47 Å². The summed E-state index contributed by atoms with van der Waals surface area (Å²) in [5.74, 6) is -0.310. The third kappa shape index (κ3) is 5.05. The van der Waals surface area contributed by atoms with Crippen LogP contribution in [0.1, 0.15) is 20.8 Å². The number of hydrogen-bond donors (Lipinski definition) is 1. The van der Waals surface area contributed by atoms with Gasteiger partial charge in [0.1, 0.15) is 11.8 Å². The molecule has 0 amide bonds. The number of nitrogens with two attached hydrogens (primary N) is 1. The third-order valence-corrected chi connectivity index (χ3v) is 5.04. The first-order valence-electron chi connectivity index (χ1n) is 7.70. The Balaban J connectivity index is 2.15. The maximum atomic E-state index is 6.04. The molecule has 0 saturated heterocycles. The van der Waals surface area contributed by atoms with Crippen molar-refractivity contribution in [1.29, 1.82) is 0 Å². The van der Waals surface area contributed by atoms with E-state index in [1.54, 1.807) is 6.33 Å². The van der Waals surface area contributed by atoms with Crippen molar-refractivity contribution in [2.75, 3.05) is 30.8 Å². The fraction of sp³-hybridized carbons (Fsp3) is 0.643. The Kier molecular flexibility index (Phi) is 7.09. The topological polar surface area (TPSA) is 88.1 Å². The molecule has 0 fully saturated rings. The summed E-state index contributed by atoms with van der Waals surface area (Å²) in [6.45, 7) is 6.80. The van der Waals surface area contributed by atoms with Crippen LogP contribution in [0.4, 0.5) is 5.82 Å². The molecule has 0 radical (unpaired) electrons. The van der Waals surface area contributed by atoms with Crippen LogP contribution in [0.15, 0.2) is 12.7 Å². The van der Waals surface area contributed by atoms with Crippen molar-refractivity contribution in [3.8, 4) is 0 Å². The molecule has 2 heterocycles. The van der Waals surface area contributed by atoms with Gasteiger partial charge in [-0.2, -0.15) is 0 Å². The average Bonchev–Trinajstić information content (AvgIpc) is 2.92. The van der Waals surface area contributed by atoms with Crippen LogP contribution < -0.4 is 5.73 Å². The maximum Gasteiger partial charge on any atom is 0.184 e. The first-order chi connectivity index (χ1) is 11.1. The Labute approximate surface area is 140 Å². The molecule has 0 aliphatic rings. The summed E-state index contributed by atoms with van der Waals surface area (Å²) >= 11 is 0. The van der Waals surface area contributed by atoms with Gasteiger partial charge in [0.25, 0.3) is 0 Å². The van der Waals surface area contributed by atoms with Gasteiger partial charge < -0.3 is 19.8 Å². The molecular weight excluding hydrogens is 332 g/mol. The molecule has 0 saturated carbocycles. The molecule has 23 heavy (non-hydrogen) atoms. The number of fused-ring (bicyclic) bond motifs is 1. The lowest BCUT2D eigenvalue weighted by atomic mass is 10.3. The highest BCUT2D eigenvalue weighted by molar-refractivity contribution is 7.37. The molecule has 2 rings (SSSR count). The predicted molar refractivity (Wildman–Crippen MR) is 97.8 cm³/mol. The number of rotatable bonds is 10. The van der Waals surface area contributed by atoms with Crippen LogP contribution in [0.5, 0.6) is 0 Å². The summed E-state index contributed by atoms with van der Waals surface area (Å²) in [4.78, 5) is 12.6. The molecule has 9 heteroatoms. The molecule has 2 unspecified atom stereocenters. The van der Waals surface area contributed by atoms with Crippen molar-refractivity contribution in [2.45, 2.75) is 33.1 Å². The van der Waals surface area contributed by atoms with Gasteiger partial charge in [-0.25, -0.2) is 15.0 Å². The monoisotopic (exact) mass is 357 g/mol. The van der Waals surface area contributed by atoms with Gasteiger partial charge in [-0.3, -0.25) is 0 Å². The van der Waals surface area contributed by atoms with Crippen molar-refractivity contribution in [3.63, 3.8) is 0 Å². The second kappa shape index (κ2) is 8.84. The molecule has 128 valence electrons. The Bertz CT molecular complexity index is 612. The van der Waals surface area contributed by atoms with Crippen LogP contribution in [0, 0.1) is 0 Å². The van der Waals surface area contributed by atoms with Crippen LogP contribution in [0.2, 0.25) is 0 Å². The summed E-state index contributed by atoms with van der Waals surface area (Å²) in [6, 6.07) is 0. The minimum atomic E-state index is -0.697. The zero-order valence-corrected chi connectivity index (χ0v) is 15.9. The first-order valence-corrected chi connectivity index (χ1v) is 10.5. The summed E-state index contributed by atoms with van der Waals surface area (Å²) in [5, 5.41) is 0. The third-order valence-electron chi connectivity index (χ3n) is 3.35. The molecule has 2 aromatic heterocycles. The van der Waals surface area contributed by atoms with E-state index < -0.39 is 5.79 Å². The van der Waals surface area contributed by atoms with Gasteiger partial charge in [0.05, 0.1) is 25.6 Å². The van der Waals surface area contributed by atoms with Gasteiger partial charge >= 0.3 is 0 Å². The van der Waals surface area contributed by atoms with Crippen molar-refractivity contribution in [3.05, 3.63) is 12.7 Å². The van der Waals surface area contributed by atoms with E-state index in [-0.39, 0.29) is 0 Å². The second-order valence-electron chi connectivity index (χ2n) is 5.22. The zero-order chi connectivity index (χ0) is 16.7. The first kappa shape index (κ1) is 18.5. The van der Waals surface area contributed by atoms with E-state index in [0.717, 1.165) is 29.5 Å². The van der Waals surface area contributed by atoms with Gasteiger partial charge in [-0.15, -0.1) is 0 Å². The normalized spacial score (nSPS) is 15.3. The summed E-state index contributed by atoms with van der Waals surface area (Å²) in [6.07, 6.45) is 6.80. The van der Waals surface area contributed by atoms with Crippen LogP contribution in [-0.2, 0) is 16.0 Å². The lowest BCUT2D eigenvalue weighted by Crippen LogP contribution is -2.37. The Morgan fingerprint density at radius 1 is 1.13 bits per heavy atom. The highest BCUT2D eigenvalue weighted by Crippen LogP contribution is 2.25. The van der Waals surface area contributed by atoms with Gasteiger partial charge in [0.15, 0.2) is 17.3 Å². The number of nitrogen functional groups attached to an aromatic ring is 1. The van der Waals surface area contributed by atoms with Gasteiger partial charge in [0.2, 0.25) is 0 Å². The Morgan fingerprint density at radius 2 is 1.78 bits per heavy atom. The lowest BCUT2D eigenvalue weighted by Gasteiger charge is -2.30. The highest BCUT2D eigenvalue weighted by atomic mass is 31.1. The Morgan fingerprint density at radius 3 is 2.39 bits per heavy atom. The van der Waals surface area contributed by atoms with Crippen molar-refractivity contribution >= 4 is 34.1 Å². The number of imidazole rings is 1. The van der Waals surface area contributed by atoms with Gasteiger partial charge in [-0.05, 0) is 19.2 Å². The fourth-order valence-corrected chi connectivity index (χ4v) is 3.29. The number of aromatic nitrogens is 4. The van der Waals surface area contributed by atoms with E-state index in [0.29, 0.717) is 36.2 Å². The summed E-state index contributed by atoms with van der Waals surface area (Å²) in [7, 11) is 1.54. The predicted octanol–water partition coefficient (Wildman–Crippen LogP) is 2.47. The number of anilines is 1. The summed E-state index contributed by atoms with van der Waals surface area (Å²) < 4.78 is 14.0. The van der Waals surface area contributed by atoms with E-state index in [1.807, 2.05) is 11.5 Å². The molecule has 0 aromatic carbocycles. The minimum Gasteiger partial charge on any atom is -0.382 e. The van der Waals surface area contributed by atoms with Crippen LogP contribution in [0.25, 0.3) is 11.2 Å². The fourth-order valence-electron chi connectivity index (χ4n) is 2.07. The molecule has 0 spiro atoms. The minimum absolute atomic E-state index is 0.386. The van der Waals surface area contributed by atoms with E-state index in [2.05, 4.69) is 28.8 Å². The quantitative estimate of drug-likeness (QED) is 0.399. The largest absolute Gasteiger partial charge is 0.382 e. The molecule has 0 aliphatic heterocycles. The zero-order valence-electron chi connectivity index (χ0n) is 13.9. The number of nitrogens with zero attached hydrogens (tertiary/aromatic N) is 4. The molecule has 2 atom stereocenters. The second-order valence-corrected chi connectivity index (χ2v) is 8.21. The molecule has 7 nitrogen and oxygen atoms in total. The van der Waals surface area contributed by atoms with Gasteiger partial charge in [-0.1, -0.05) is 31.0 Å². The van der Waals surface area contributed by atoms with E-state index in [4.69, 9.17) is 15.2 Å². The molecule has 2 aromatic rings. The molecule has 0 bridgehead atoms. The van der Waals surface area contributed by atoms with Crippen molar-refractivity contribution in [2.24, 2.45) is 0 Å². The Hall–Kier alpha value is -0.870. The van der Waals surface area contributed by atoms with Crippen LogP contribution >= 0.6 is 17.2 Å². The van der Waals surface area contributed by atoms with E-state index in [1.165, 1.54) is 6.33 Å². The van der Waals surface area contributed by atoms with Crippen LogP contribution in [0.3, 0.4) is 0 Å². The van der Waals surface area contributed by atoms with Crippen molar-refractivity contribution in [1.82, 2.24) is 19.5 Å². The summed E-state index contributed by atoms with van der Waals surface area (Å²) in [5.41, 5.74) is 7.16. The molecule has 2 N–H and O–H groups in total. The maximum absolute atomic E-state index is 6.04. The standard InChI is InChI=1S/C14H25N5O2P2/c1-4-22-9-20-14(3,21-10-23-5-2)6-19-8-18-11-12(15)16-7-17-13(11)19/h7-8,22-23H,4-6,9-10H2,1-3H3,(H2,15,16,17). The highest BCUT2D eigenvalue weighted by Gasteiger charge is 2.27. The SMILES string of the molecule is CCPCOC(C)(Cn1cnc2c(N)ncnc21)OCPCC. The number of hydrogen-bond acceptors (Lipinski definition) is 6. The van der Waals surface area contributed by atoms with E-state index >= 15 is 0 Å². The van der Waals surface area contributed by atoms with Gasteiger partial charge in [0, 0.05) is 0 Å².